The van der Waals surface area contributed by atoms with Crippen molar-refractivity contribution in [3.8, 4) is 11.3 Å². The number of hydrogen-bond donors (Lipinski definition) is 1. The third-order valence-electron chi connectivity index (χ3n) is 4.06. The minimum Gasteiger partial charge on any atom is -0.439 e. The molecule has 0 saturated heterocycles. The van der Waals surface area contributed by atoms with Gasteiger partial charge in [-0.25, -0.2) is 13.4 Å². The molecule has 1 N–H and O–H groups in total. The van der Waals surface area contributed by atoms with Crippen LogP contribution in [0.1, 0.15) is 5.89 Å². The first kappa shape index (κ1) is 20.1. The molecule has 0 atom stereocenters. The number of rotatable bonds is 8. The first-order valence-corrected chi connectivity index (χ1v) is 10.3. The maximum absolute atomic E-state index is 12.4. The van der Waals surface area contributed by atoms with Crippen LogP contribution >= 0.6 is 11.6 Å². The zero-order valence-corrected chi connectivity index (χ0v) is 16.9. The highest BCUT2D eigenvalue weighted by molar-refractivity contribution is 7.89. The van der Waals surface area contributed by atoms with Gasteiger partial charge in [-0.3, -0.25) is 0 Å². The van der Waals surface area contributed by atoms with Crippen molar-refractivity contribution in [3.05, 3.63) is 78.3 Å². The number of benzene rings is 2. The van der Waals surface area contributed by atoms with E-state index in [1.807, 2.05) is 18.2 Å². The first-order valence-electron chi connectivity index (χ1n) is 8.52. The number of aromatic nitrogens is 1. The van der Waals surface area contributed by atoms with Crippen LogP contribution < -0.4 is 5.32 Å². The molecule has 0 saturated carbocycles. The Balaban J connectivity index is 1.65. The lowest BCUT2D eigenvalue weighted by Gasteiger charge is -2.15. The Kier molecular flexibility index (Phi) is 6.18. The monoisotopic (exact) mass is 417 g/mol. The van der Waals surface area contributed by atoms with Crippen LogP contribution in [0.25, 0.3) is 11.3 Å². The lowest BCUT2D eigenvalue weighted by Crippen LogP contribution is -2.26. The molecule has 146 valence electrons. The molecule has 0 amide bonds. The molecule has 1 heterocycles. The van der Waals surface area contributed by atoms with Crippen molar-refractivity contribution in [1.82, 2.24) is 9.29 Å². The summed E-state index contributed by atoms with van der Waals surface area (Å²) in [6.07, 6.45) is 3.19. The van der Waals surface area contributed by atoms with Gasteiger partial charge in [-0.15, -0.1) is 6.58 Å². The number of nitrogens with one attached hydrogen (secondary N) is 1. The minimum absolute atomic E-state index is 0.224. The third-order valence-corrected chi connectivity index (χ3v) is 6.13. The van der Waals surface area contributed by atoms with Crippen LogP contribution in [-0.4, -0.2) is 31.3 Å². The lowest BCUT2D eigenvalue weighted by atomic mass is 10.2. The summed E-state index contributed by atoms with van der Waals surface area (Å²) in [7, 11) is -2.01. The molecule has 0 aliphatic rings. The maximum Gasteiger partial charge on any atom is 0.243 e. The van der Waals surface area contributed by atoms with Gasteiger partial charge >= 0.3 is 0 Å². The summed E-state index contributed by atoms with van der Waals surface area (Å²) < 4.78 is 31.8. The van der Waals surface area contributed by atoms with Crippen molar-refractivity contribution in [2.45, 2.75) is 11.4 Å². The topological polar surface area (TPSA) is 75.4 Å². The van der Waals surface area contributed by atoms with Crippen molar-refractivity contribution in [2.75, 3.05) is 18.9 Å². The standard InChI is InChI=1S/C20H20ClN3O3S/c1-3-11-24(2)28(25,26)18-9-7-17(8-10-18)22-14-20-23-13-19(27-20)15-5-4-6-16(21)12-15/h3-10,12-13,22H,1,11,14H2,2H3. The molecule has 0 bridgehead atoms. The van der Waals surface area contributed by atoms with E-state index in [9.17, 15) is 8.42 Å². The number of hydrogen-bond acceptors (Lipinski definition) is 5. The molecule has 6 nitrogen and oxygen atoms in total. The maximum atomic E-state index is 12.4. The molecular weight excluding hydrogens is 398 g/mol. The summed E-state index contributed by atoms with van der Waals surface area (Å²) >= 11 is 6.00. The Hall–Kier alpha value is -2.61. The predicted octanol–water partition coefficient (Wildman–Crippen LogP) is 4.41. The third kappa shape index (κ3) is 4.62. The van der Waals surface area contributed by atoms with Crippen molar-refractivity contribution >= 4 is 27.3 Å². The molecule has 8 heteroatoms. The van der Waals surface area contributed by atoms with E-state index in [4.69, 9.17) is 16.0 Å². The summed E-state index contributed by atoms with van der Waals surface area (Å²) in [6.45, 7) is 4.18. The van der Waals surface area contributed by atoms with Crippen LogP contribution in [0.3, 0.4) is 0 Å². The average molecular weight is 418 g/mol. The Morgan fingerprint density at radius 3 is 2.68 bits per heavy atom. The van der Waals surface area contributed by atoms with E-state index in [1.54, 1.807) is 42.6 Å². The number of nitrogens with zero attached hydrogens (tertiary/aromatic N) is 2. The van der Waals surface area contributed by atoms with Crippen LogP contribution in [0, 0.1) is 0 Å². The highest BCUT2D eigenvalue weighted by Gasteiger charge is 2.19. The van der Waals surface area contributed by atoms with Crippen LogP contribution in [0.5, 0.6) is 0 Å². The summed E-state index contributed by atoms with van der Waals surface area (Å²) in [5.41, 5.74) is 1.61. The normalized spacial score (nSPS) is 11.5. The van der Waals surface area contributed by atoms with Gasteiger partial charge in [0.2, 0.25) is 15.9 Å². The second-order valence-corrected chi connectivity index (χ2v) is 8.56. The van der Waals surface area contributed by atoms with Gasteiger partial charge in [0.1, 0.15) is 0 Å². The van der Waals surface area contributed by atoms with Gasteiger partial charge in [0, 0.05) is 29.9 Å². The fourth-order valence-electron chi connectivity index (χ4n) is 2.55. The molecule has 0 aliphatic carbocycles. The smallest absolute Gasteiger partial charge is 0.243 e. The second kappa shape index (κ2) is 8.60. The molecule has 0 radical (unpaired) electrons. The van der Waals surface area contributed by atoms with Gasteiger partial charge in [-0.1, -0.05) is 29.8 Å². The molecular formula is C20H20ClN3O3S. The second-order valence-electron chi connectivity index (χ2n) is 6.08. The van der Waals surface area contributed by atoms with Crippen molar-refractivity contribution in [2.24, 2.45) is 0 Å². The van der Waals surface area contributed by atoms with E-state index < -0.39 is 10.0 Å². The van der Waals surface area contributed by atoms with E-state index >= 15 is 0 Å². The van der Waals surface area contributed by atoms with E-state index in [-0.39, 0.29) is 11.4 Å². The predicted molar refractivity (Wildman–Crippen MR) is 111 cm³/mol. The number of halogens is 1. The van der Waals surface area contributed by atoms with Gasteiger partial charge in [0.05, 0.1) is 17.6 Å². The summed E-state index contributed by atoms with van der Waals surface area (Å²) in [5, 5.41) is 3.79. The highest BCUT2D eigenvalue weighted by atomic mass is 35.5. The van der Waals surface area contributed by atoms with Crippen molar-refractivity contribution in [3.63, 3.8) is 0 Å². The van der Waals surface area contributed by atoms with Crippen molar-refractivity contribution < 1.29 is 12.8 Å². The Morgan fingerprint density at radius 1 is 1.25 bits per heavy atom. The van der Waals surface area contributed by atoms with Gasteiger partial charge in [0.25, 0.3) is 0 Å². The fourth-order valence-corrected chi connectivity index (χ4v) is 3.88. The van der Waals surface area contributed by atoms with E-state index in [0.29, 0.717) is 23.2 Å². The molecule has 3 aromatic rings. The Labute approximate surface area is 169 Å². The molecule has 28 heavy (non-hydrogen) atoms. The number of oxazole rings is 1. The Bertz CT molecular complexity index is 1060. The summed E-state index contributed by atoms with van der Waals surface area (Å²) in [6, 6.07) is 13.9. The zero-order chi connectivity index (χ0) is 20.1. The number of likely N-dealkylation sites (N-methyl/N-ethyl adjacent to an activating group) is 1. The molecule has 3 rings (SSSR count). The van der Waals surface area contributed by atoms with Crippen molar-refractivity contribution in [1.29, 1.82) is 0 Å². The molecule has 2 aromatic carbocycles. The SMILES string of the molecule is C=CCN(C)S(=O)(=O)c1ccc(NCc2ncc(-c3cccc(Cl)c3)o2)cc1. The summed E-state index contributed by atoms with van der Waals surface area (Å²) in [5.74, 6) is 1.14. The lowest BCUT2D eigenvalue weighted by molar-refractivity contribution is 0.499. The average Bonchev–Trinajstić information content (AvgIpc) is 3.16. The van der Waals surface area contributed by atoms with E-state index in [1.165, 1.54) is 11.4 Å². The van der Waals surface area contributed by atoms with Gasteiger partial charge in [0.15, 0.2) is 5.76 Å². The Morgan fingerprint density at radius 2 is 2.00 bits per heavy atom. The highest BCUT2D eigenvalue weighted by Crippen LogP contribution is 2.24. The molecule has 0 unspecified atom stereocenters. The van der Waals surface area contributed by atoms with E-state index in [0.717, 1.165) is 11.3 Å². The minimum atomic E-state index is -3.52. The van der Waals surface area contributed by atoms with Crippen LogP contribution in [0.4, 0.5) is 5.69 Å². The first-order chi connectivity index (χ1) is 13.4. The summed E-state index contributed by atoms with van der Waals surface area (Å²) in [4.78, 5) is 4.48. The molecule has 0 spiro atoms. The largest absolute Gasteiger partial charge is 0.439 e. The fraction of sp³-hybridized carbons (Fsp3) is 0.150. The number of anilines is 1. The van der Waals surface area contributed by atoms with E-state index in [2.05, 4.69) is 16.9 Å². The van der Waals surface area contributed by atoms with Crippen LogP contribution in [0.2, 0.25) is 5.02 Å². The van der Waals surface area contributed by atoms with Crippen LogP contribution in [-0.2, 0) is 16.6 Å². The molecule has 1 aromatic heterocycles. The van der Waals surface area contributed by atoms with Gasteiger partial charge in [-0.2, -0.15) is 4.31 Å². The quantitative estimate of drug-likeness (QED) is 0.549. The van der Waals surface area contributed by atoms with Gasteiger partial charge < -0.3 is 9.73 Å². The van der Waals surface area contributed by atoms with Crippen LogP contribution in [0.15, 0.2) is 76.7 Å². The molecule has 0 aliphatic heterocycles. The number of sulfonamides is 1. The van der Waals surface area contributed by atoms with Gasteiger partial charge in [-0.05, 0) is 36.4 Å². The molecule has 0 fully saturated rings. The zero-order valence-electron chi connectivity index (χ0n) is 15.3.